The molecule has 0 aliphatic heterocycles. The lowest BCUT2D eigenvalue weighted by molar-refractivity contribution is -0.137. The predicted octanol–water partition coefficient (Wildman–Crippen LogP) is 5.43. The molecule has 1 N–H and O–H groups in total. The maximum atomic E-state index is 11.0. The van der Waals surface area contributed by atoms with Crippen LogP contribution < -0.4 is 4.74 Å². The number of aryl methyl sites for hydroxylation is 1. The average Bonchev–Trinajstić information content (AvgIpc) is 3.24. The number of methoxy groups -OCH3 is 1. The summed E-state index contributed by atoms with van der Waals surface area (Å²) >= 11 is 0. The van der Waals surface area contributed by atoms with Gasteiger partial charge >= 0.3 is 5.97 Å². The summed E-state index contributed by atoms with van der Waals surface area (Å²) in [4.78, 5) is 15.3. The number of nitrogens with zero attached hydrogens (tertiary/aromatic N) is 3. The van der Waals surface area contributed by atoms with Gasteiger partial charge in [0.05, 0.1) is 18.3 Å². The number of unbranched alkanes of at least 4 members (excludes halogenated alkanes) is 1. The van der Waals surface area contributed by atoms with Gasteiger partial charge in [-0.1, -0.05) is 37.3 Å². The number of aliphatic carboxylic acids is 1. The van der Waals surface area contributed by atoms with E-state index in [0.29, 0.717) is 12.3 Å². The van der Waals surface area contributed by atoms with Crippen molar-refractivity contribution in [1.29, 1.82) is 0 Å². The van der Waals surface area contributed by atoms with E-state index in [4.69, 9.17) is 14.9 Å². The number of benzene rings is 1. The van der Waals surface area contributed by atoms with Crippen molar-refractivity contribution in [3.63, 3.8) is 0 Å². The lowest BCUT2D eigenvalue weighted by Gasteiger charge is -2.18. The molecule has 0 spiro atoms. The van der Waals surface area contributed by atoms with Crippen LogP contribution in [0, 0.1) is 0 Å². The Morgan fingerprint density at radius 3 is 2.59 bits per heavy atom. The fourth-order valence-corrected chi connectivity index (χ4v) is 4.13. The molecular weight excluding hydrogens is 402 g/mol. The van der Waals surface area contributed by atoms with Crippen LogP contribution in [0.3, 0.4) is 0 Å². The molecule has 0 amide bonds. The molecule has 4 aromatic rings. The van der Waals surface area contributed by atoms with Crippen molar-refractivity contribution in [3.05, 3.63) is 72.1 Å². The summed E-state index contributed by atoms with van der Waals surface area (Å²) < 4.78 is 7.43. The van der Waals surface area contributed by atoms with E-state index in [0.717, 1.165) is 58.4 Å². The van der Waals surface area contributed by atoms with Gasteiger partial charge in [-0.25, -0.2) is 9.50 Å². The van der Waals surface area contributed by atoms with Crippen molar-refractivity contribution in [2.45, 2.75) is 39.0 Å². The first-order valence-corrected chi connectivity index (χ1v) is 10.9. The van der Waals surface area contributed by atoms with Crippen molar-refractivity contribution in [3.8, 4) is 28.3 Å². The second-order valence-corrected chi connectivity index (χ2v) is 7.73. The maximum absolute atomic E-state index is 11.0. The molecule has 3 heterocycles. The summed E-state index contributed by atoms with van der Waals surface area (Å²) in [6.45, 7) is 2.13. The summed E-state index contributed by atoms with van der Waals surface area (Å²) in [5.74, 6) is -0.210. The van der Waals surface area contributed by atoms with Crippen molar-refractivity contribution >= 4 is 11.5 Å². The molecule has 3 aromatic heterocycles. The quantitative estimate of drug-likeness (QED) is 0.359. The zero-order chi connectivity index (χ0) is 22.5. The number of rotatable bonds is 9. The Labute approximate surface area is 187 Å². The van der Waals surface area contributed by atoms with Crippen molar-refractivity contribution < 1.29 is 14.6 Å². The van der Waals surface area contributed by atoms with E-state index in [9.17, 15) is 4.79 Å². The highest BCUT2D eigenvalue weighted by Crippen LogP contribution is 2.37. The van der Waals surface area contributed by atoms with Gasteiger partial charge in [-0.05, 0) is 55.0 Å². The molecule has 0 radical (unpaired) electrons. The molecule has 0 fully saturated rings. The number of carboxylic acid groups (broad SMARTS) is 1. The smallest absolute Gasteiger partial charge is 0.303 e. The largest absolute Gasteiger partial charge is 0.481 e. The zero-order valence-corrected chi connectivity index (χ0v) is 18.4. The van der Waals surface area contributed by atoms with Crippen LogP contribution in [0.2, 0.25) is 0 Å². The molecule has 0 aliphatic rings. The normalized spacial score (nSPS) is 11.1. The highest BCUT2D eigenvalue weighted by atomic mass is 16.5. The van der Waals surface area contributed by atoms with Gasteiger partial charge < -0.3 is 9.84 Å². The monoisotopic (exact) mass is 429 g/mol. The number of hydrogen-bond acceptors (Lipinski definition) is 4. The van der Waals surface area contributed by atoms with E-state index in [-0.39, 0.29) is 6.42 Å². The highest BCUT2D eigenvalue weighted by molar-refractivity contribution is 5.87. The minimum absolute atomic E-state index is 0.167. The first-order chi connectivity index (χ1) is 15.6. The number of aromatic nitrogens is 3. The fraction of sp³-hybridized carbons (Fsp3) is 0.269. The van der Waals surface area contributed by atoms with Crippen LogP contribution in [0.4, 0.5) is 0 Å². The molecule has 0 saturated carbocycles. The first kappa shape index (κ1) is 21.6. The number of carbonyl (C=O) groups is 1. The Bertz CT molecular complexity index is 1230. The lowest BCUT2D eigenvalue weighted by Crippen LogP contribution is -2.07. The van der Waals surface area contributed by atoms with Crippen LogP contribution in [0.15, 0.2) is 60.8 Å². The molecule has 6 nitrogen and oxygen atoms in total. The summed E-state index contributed by atoms with van der Waals surface area (Å²) in [7, 11) is 1.61. The van der Waals surface area contributed by atoms with E-state index in [2.05, 4.69) is 36.2 Å². The van der Waals surface area contributed by atoms with Crippen molar-refractivity contribution in [1.82, 2.24) is 14.6 Å². The fourth-order valence-electron chi connectivity index (χ4n) is 4.13. The molecule has 4 rings (SSSR count). The van der Waals surface area contributed by atoms with E-state index in [1.54, 1.807) is 13.3 Å². The highest BCUT2D eigenvalue weighted by Gasteiger charge is 2.20. The number of carboxylic acids is 1. The van der Waals surface area contributed by atoms with Gasteiger partial charge in [-0.3, -0.25) is 4.79 Å². The second-order valence-electron chi connectivity index (χ2n) is 7.73. The molecule has 0 aliphatic carbocycles. The number of pyridine rings is 1. The van der Waals surface area contributed by atoms with Crippen LogP contribution >= 0.6 is 0 Å². The van der Waals surface area contributed by atoms with E-state index < -0.39 is 5.97 Å². The summed E-state index contributed by atoms with van der Waals surface area (Å²) in [5.41, 5.74) is 7.35. The van der Waals surface area contributed by atoms with E-state index in [1.807, 2.05) is 34.8 Å². The molecule has 32 heavy (non-hydrogen) atoms. The third-order valence-electron chi connectivity index (χ3n) is 5.69. The van der Waals surface area contributed by atoms with Gasteiger partial charge in [0, 0.05) is 35.5 Å². The van der Waals surface area contributed by atoms with Crippen molar-refractivity contribution in [2.24, 2.45) is 0 Å². The molecule has 0 atom stereocenters. The Morgan fingerprint density at radius 1 is 1.06 bits per heavy atom. The third kappa shape index (κ3) is 4.35. The molecule has 0 unspecified atom stereocenters. The Hall–Kier alpha value is -3.67. The van der Waals surface area contributed by atoms with Gasteiger partial charge in [0.25, 0.3) is 0 Å². The molecule has 0 saturated heterocycles. The molecule has 1 aromatic carbocycles. The maximum Gasteiger partial charge on any atom is 0.303 e. The molecule has 0 bridgehead atoms. The van der Waals surface area contributed by atoms with Gasteiger partial charge in [-0.15, -0.1) is 0 Å². The Kier molecular flexibility index (Phi) is 6.50. The Balaban J connectivity index is 1.97. The third-order valence-corrected chi connectivity index (χ3v) is 5.69. The SMILES string of the molecule is CCc1ccc2c(-c3ccnc(OC)c3)c(CCCCC(=O)O)c(-c3ccccc3)nn12. The topological polar surface area (TPSA) is 76.7 Å². The predicted molar refractivity (Wildman–Crippen MR) is 125 cm³/mol. The van der Waals surface area contributed by atoms with Crippen LogP contribution in [0.1, 0.15) is 37.4 Å². The van der Waals surface area contributed by atoms with Gasteiger partial charge in [0.2, 0.25) is 5.88 Å². The number of fused-ring (bicyclic) bond motifs is 1. The summed E-state index contributed by atoms with van der Waals surface area (Å²) in [6.07, 6.45) is 4.90. The minimum Gasteiger partial charge on any atom is -0.481 e. The standard InChI is InChI=1S/C26H27N3O3/c1-3-20-13-14-22-25(19-15-16-27-23(17-19)32-2)21(11-7-8-12-24(30)31)26(28-29(20)22)18-9-5-4-6-10-18/h4-6,9-10,13-17H,3,7-8,11-12H2,1-2H3,(H,30,31). The van der Waals surface area contributed by atoms with Crippen LogP contribution in [0.25, 0.3) is 27.9 Å². The first-order valence-electron chi connectivity index (χ1n) is 10.9. The minimum atomic E-state index is -0.764. The van der Waals surface area contributed by atoms with Crippen LogP contribution in [-0.4, -0.2) is 32.8 Å². The van der Waals surface area contributed by atoms with E-state index >= 15 is 0 Å². The lowest BCUT2D eigenvalue weighted by atomic mass is 9.92. The summed E-state index contributed by atoms with van der Waals surface area (Å²) in [5, 5.41) is 14.1. The molecule has 164 valence electrons. The zero-order valence-electron chi connectivity index (χ0n) is 18.4. The van der Waals surface area contributed by atoms with E-state index in [1.165, 1.54) is 0 Å². The van der Waals surface area contributed by atoms with Crippen molar-refractivity contribution in [2.75, 3.05) is 7.11 Å². The number of ether oxygens (including phenoxy) is 1. The van der Waals surface area contributed by atoms with Gasteiger partial charge in [0.15, 0.2) is 0 Å². The number of hydrogen-bond donors (Lipinski definition) is 1. The van der Waals surface area contributed by atoms with Crippen LogP contribution in [-0.2, 0) is 17.6 Å². The second kappa shape index (κ2) is 9.64. The molecule has 6 heteroatoms. The molecular formula is C26H27N3O3. The van der Waals surface area contributed by atoms with Crippen LogP contribution in [0.5, 0.6) is 5.88 Å². The Morgan fingerprint density at radius 2 is 1.88 bits per heavy atom. The van der Waals surface area contributed by atoms with Gasteiger partial charge in [0.1, 0.15) is 0 Å². The summed E-state index contributed by atoms with van der Waals surface area (Å²) in [6, 6.07) is 18.3. The van der Waals surface area contributed by atoms with Gasteiger partial charge in [-0.2, -0.15) is 5.10 Å². The average molecular weight is 430 g/mol.